The van der Waals surface area contributed by atoms with Crippen LogP contribution < -0.4 is 5.32 Å². The highest BCUT2D eigenvalue weighted by Crippen LogP contribution is 2.24. The summed E-state index contributed by atoms with van der Waals surface area (Å²) in [7, 11) is 0. The number of amides is 1. The Hall–Kier alpha value is -1.40. The van der Waals surface area contributed by atoms with Gasteiger partial charge in [-0.05, 0) is 24.5 Å². The lowest BCUT2D eigenvalue weighted by Gasteiger charge is -2.12. The Morgan fingerprint density at radius 3 is 2.60 bits per heavy atom. The second-order valence-corrected chi connectivity index (χ2v) is 5.68. The van der Waals surface area contributed by atoms with Crippen LogP contribution in [0.1, 0.15) is 46.8 Å². The zero-order chi connectivity index (χ0) is 15.1. The molecule has 112 valence electrons. The van der Waals surface area contributed by atoms with E-state index in [1.54, 1.807) is 0 Å². The van der Waals surface area contributed by atoms with Crippen LogP contribution in [0.15, 0.2) is 6.07 Å². The minimum absolute atomic E-state index is 0.00883. The van der Waals surface area contributed by atoms with Crippen LogP contribution >= 0.6 is 11.3 Å². The number of carboxylic acid groups (broad SMARTS) is 1. The van der Waals surface area contributed by atoms with Gasteiger partial charge < -0.3 is 15.5 Å². The van der Waals surface area contributed by atoms with E-state index in [1.807, 2.05) is 13.0 Å². The van der Waals surface area contributed by atoms with E-state index < -0.39 is 12.0 Å². The largest absolute Gasteiger partial charge is 0.480 e. The monoisotopic (exact) mass is 299 g/mol. The Labute approximate surface area is 122 Å². The molecule has 0 unspecified atom stereocenters. The Balaban J connectivity index is 2.83. The minimum atomic E-state index is -1.13. The molecule has 1 aromatic heterocycles. The first-order valence-electron chi connectivity index (χ1n) is 6.79. The molecule has 1 amide bonds. The van der Waals surface area contributed by atoms with E-state index in [0.717, 1.165) is 24.8 Å². The lowest BCUT2D eigenvalue weighted by molar-refractivity contribution is -0.139. The molecular formula is C14H21NO4S. The van der Waals surface area contributed by atoms with Gasteiger partial charge in [0.05, 0.1) is 4.88 Å². The molecule has 0 saturated carbocycles. The Kier molecular flexibility index (Phi) is 6.67. The van der Waals surface area contributed by atoms with Crippen LogP contribution in [0.2, 0.25) is 0 Å². The van der Waals surface area contributed by atoms with Gasteiger partial charge in [-0.2, -0.15) is 0 Å². The Bertz CT molecular complexity index is 470. The number of hydrogen-bond donors (Lipinski definition) is 3. The third-order valence-electron chi connectivity index (χ3n) is 3.00. The predicted molar refractivity (Wildman–Crippen MR) is 78.3 cm³/mol. The minimum Gasteiger partial charge on any atom is -0.480 e. The Morgan fingerprint density at radius 2 is 2.10 bits per heavy atom. The molecule has 5 nitrogen and oxygen atoms in total. The highest BCUT2D eigenvalue weighted by molar-refractivity contribution is 7.14. The first-order valence-corrected chi connectivity index (χ1v) is 7.61. The molecule has 1 aromatic rings. The topological polar surface area (TPSA) is 86.6 Å². The highest BCUT2D eigenvalue weighted by atomic mass is 32.1. The molecule has 0 aliphatic carbocycles. The molecule has 0 radical (unpaired) electrons. The number of nitrogens with one attached hydrogen (secondary N) is 1. The number of carboxylic acids is 1. The molecule has 0 aliphatic rings. The second kappa shape index (κ2) is 8.01. The molecular weight excluding hydrogens is 278 g/mol. The smallest absolute Gasteiger partial charge is 0.326 e. The zero-order valence-electron chi connectivity index (χ0n) is 11.8. The van der Waals surface area contributed by atoms with Gasteiger partial charge in [0.1, 0.15) is 6.04 Å². The summed E-state index contributed by atoms with van der Waals surface area (Å²) in [6, 6.07) is 0.789. The maximum absolute atomic E-state index is 12.1. The zero-order valence-corrected chi connectivity index (χ0v) is 12.6. The van der Waals surface area contributed by atoms with Crippen LogP contribution in [0.3, 0.4) is 0 Å². The van der Waals surface area contributed by atoms with Crippen molar-refractivity contribution in [3.05, 3.63) is 21.4 Å². The van der Waals surface area contributed by atoms with E-state index in [0.29, 0.717) is 4.88 Å². The highest BCUT2D eigenvalue weighted by Gasteiger charge is 2.21. The quantitative estimate of drug-likeness (QED) is 0.683. The lowest BCUT2D eigenvalue weighted by atomic mass is 10.1. The van der Waals surface area contributed by atoms with Gasteiger partial charge in [0, 0.05) is 17.9 Å². The average Bonchev–Trinajstić information content (AvgIpc) is 2.81. The fourth-order valence-corrected chi connectivity index (χ4v) is 3.19. The van der Waals surface area contributed by atoms with Crippen molar-refractivity contribution < 1.29 is 19.8 Å². The molecule has 20 heavy (non-hydrogen) atoms. The number of carbonyl (C=O) groups excluding carboxylic acids is 1. The van der Waals surface area contributed by atoms with Crippen molar-refractivity contribution in [2.75, 3.05) is 6.61 Å². The van der Waals surface area contributed by atoms with Gasteiger partial charge in [0.15, 0.2) is 0 Å². The molecule has 0 saturated heterocycles. The van der Waals surface area contributed by atoms with E-state index in [2.05, 4.69) is 12.2 Å². The fraction of sp³-hybridized carbons (Fsp3) is 0.571. The van der Waals surface area contributed by atoms with Crippen LogP contribution in [0.5, 0.6) is 0 Å². The molecule has 0 aromatic carbocycles. The maximum atomic E-state index is 12.1. The molecule has 0 bridgehead atoms. The van der Waals surface area contributed by atoms with Gasteiger partial charge >= 0.3 is 5.97 Å². The van der Waals surface area contributed by atoms with Crippen LogP contribution in [0, 0.1) is 0 Å². The summed E-state index contributed by atoms with van der Waals surface area (Å²) in [5.74, 6) is -1.51. The number of carbonyl (C=O) groups is 2. The van der Waals surface area contributed by atoms with Crippen molar-refractivity contribution in [1.82, 2.24) is 5.32 Å². The first-order chi connectivity index (χ1) is 9.53. The molecule has 1 rings (SSSR count). The second-order valence-electron chi connectivity index (χ2n) is 4.54. The van der Waals surface area contributed by atoms with E-state index in [-0.39, 0.29) is 18.9 Å². The summed E-state index contributed by atoms with van der Waals surface area (Å²) < 4.78 is 0. The fourth-order valence-electron chi connectivity index (χ4n) is 1.93. The molecule has 3 N–H and O–H groups in total. The van der Waals surface area contributed by atoms with Crippen LogP contribution in [0.4, 0.5) is 0 Å². The van der Waals surface area contributed by atoms with Crippen LogP contribution in [-0.4, -0.2) is 34.7 Å². The van der Waals surface area contributed by atoms with Gasteiger partial charge in [-0.1, -0.05) is 20.3 Å². The molecule has 1 heterocycles. The molecule has 0 aliphatic heterocycles. The van der Waals surface area contributed by atoms with Crippen molar-refractivity contribution in [1.29, 1.82) is 0 Å². The van der Waals surface area contributed by atoms with E-state index in [1.165, 1.54) is 16.2 Å². The molecule has 6 heteroatoms. The number of thiophene rings is 1. The number of rotatable bonds is 8. The summed E-state index contributed by atoms with van der Waals surface area (Å²) in [5, 5.41) is 20.2. The summed E-state index contributed by atoms with van der Waals surface area (Å²) in [4.78, 5) is 24.8. The van der Waals surface area contributed by atoms with E-state index in [9.17, 15) is 9.59 Å². The number of aryl methyl sites for hydroxylation is 2. The van der Waals surface area contributed by atoms with E-state index >= 15 is 0 Å². The third kappa shape index (κ3) is 4.31. The van der Waals surface area contributed by atoms with E-state index in [4.69, 9.17) is 10.2 Å². The standard InChI is InChI=1S/C14H21NO4S/c1-3-5-11-9(4-2)8-12(20-11)13(17)15-10(6-7-16)14(18)19/h8,10,16H,3-7H2,1-2H3,(H,15,17)(H,18,19)/t10-/m1/s1. The maximum Gasteiger partial charge on any atom is 0.326 e. The number of aliphatic hydroxyl groups is 1. The van der Waals surface area contributed by atoms with Gasteiger partial charge in [-0.3, -0.25) is 4.79 Å². The lowest BCUT2D eigenvalue weighted by Crippen LogP contribution is -2.41. The number of aliphatic carboxylic acids is 1. The van der Waals surface area contributed by atoms with Crippen molar-refractivity contribution in [3.8, 4) is 0 Å². The summed E-state index contributed by atoms with van der Waals surface area (Å²) in [6.07, 6.45) is 2.81. The summed E-state index contributed by atoms with van der Waals surface area (Å²) in [5.41, 5.74) is 1.15. The molecule has 0 fully saturated rings. The van der Waals surface area contributed by atoms with Gasteiger partial charge in [0.25, 0.3) is 5.91 Å². The van der Waals surface area contributed by atoms with Crippen molar-refractivity contribution in [2.45, 2.75) is 45.6 Å². The SMILES string of the molecule is CCCc1sc(C(=O)N[C@H](CCO)C(=O)O)cc1CC. The summed E-state index contributed by atoms with van der Waals surface area (Å²) in [6.45, 7) is 3.85. The first kappa shape index (κ1) is 16.7. The molecule has 1 atom stereocenters. The van der Waals surface area contributed by atoms with Crippen molar-refractivity contribution in [3.63, 3.8) is 0 Å². The third-order valence-corrected chi connectivity index (χ3v) is 4.24. The number of hydrogen-bond acceptors (Lipinski definition) is 4. The normalized spacial score (nSPS) is 12.2. The average molecular weight is 299 g/mol. The van der Waals surface area contributed by atoms with Crippen LogP contribution in [0.25, 0.3) is 0 Å². The number of aliphatic hydroxyl groups excluding tert-OH is 1. The van der Waals surface area contributed by atoms with Gasteiger partial charge in [0.2, 0.25) is 0 Å². The van der Waals surface area contributed by atoms with Crippen molar-refractivity contribution >= 4 is 23.2 Å². The van der Waals surface area contributed by atoms with Gasteiger partial charge in [-0.25, -0.2) is 4.79 Å². The molecule has 0 spiro atoms. The van der Waals surface area contributed by atoms with Gasteiger partial charge in [-0.15, -0.1) is 11.3 Å². The predicted octanol–water partition coefficient (Wildman–Crippen LogP) is 1.83. The van der Waals surface area contributed by atoms with Crippen molar-refractivity contribution in [2.24, 2.45) is 0 Å². The van der Waals surface area contributed by atoms with Crippen LogP contribution in [-0.2, 0) is 17.6 Å². The Morgan fingerprint density at radius 1 is 1.40 bits per heavy atom. The summed E-state index contributed by atoms with van der Waals surface area (Å²) >= 11 is 1.42.